The normalized spacial score (nSPS) is 7.22. The molecule has 0 amide bonds. The van der Waals surface area contributed by atoms with E-state index in [2.05, 4.69) is 0 Å². The van der Waals surface area contributed by atoms with Gasteiger partial charge in [-0.3, -0.25) is 0 Å². The van der Waals surface area contributed by atoms with Crippen LogP contribution >= 0.6 is 0 Å². The first-order valence-corrected chi connectivity index (χ1v) is 9.15. The Balaban J connectivity index is -0.0000000418. The summed E-state index contributed by atoms with van der Waals surface area (Å²) in [5.74, 6) is -9.17. The molecule has 0 bridgehead atoms. The molecule has 16 nitrogen and oxygen atoms in total. The second-order valence-electron chi connectivity index (χ2n) is 5.90. The van der Waals surface area contributed by atoms with Crippen molar-refractivity contribution in [2.75, 3.05) is 0 Å². The van der Waals surface area contributed by atoms with Crippen molar-refractivity contribution in [2.24, 2.45) is 11.8 Å². The molecular formula is C20H32O16-8. The van der Waals surface area contributed by atoms with Crippen molar-refractivity contribution in [2.45, 2.75) is 69.2 Å². The predicted octanol–water partition coefficient (Wildman–Crippen LogP) is -8.68. The summed E-state index contributed by atoms with van der Waals surface area (Å²) >= 11 is 0. The van der Waals surface area contributed by atoms with E-state index < -0.39 is 47.8 Å². The number of carboxylic acid groups (broad SMARTS) is 8. The lowest BCUT2D eigenvalue weighted by Crippen LogP contribution is -2.27. The summed E-state index contributed by atoms with van der Waals surface area (Å²) in [5.41, 5.74) is 0. The Morgan fingerprint density at radius 2 is 0.361 bits per heavy atom. The van der Waals surface area contributed by atoms with Gasteiger partial charge in [-0.25, -0.2) is 0 Å². The molecule has 0 heterocycles. The maximum Gasteiger partial charge on any atom is 0.0439 e. The number of carbonyl (C=O) groups excluding carboxylic acids is 8. The highest BCUT2D eigenvalue weighted by Gasteiger charge is 1.87. The molecule has 0 atom stereocenters. The van der Waals surface area contributed by atoms with Gasteiger partial charge in [-0.2, -0.15) is 0 Å². The van der Waals surface area contributed by atoms with Crippen LogP contribution in [0.5, 0.6) is 0 Å². The van der Waals surface area contributed by atoms with Crippen molar-refractivity contribution < 1.29 is 79.2 Å². The Bertz CT molecular complexity index is 486. The van der Waals surface area contributed by atoms with E-state index in [4.69, 9.17) is 59.4 Å². The van der Waals surface area contributed by atoms with E-state index in [0.29, 0.717) is 0 Å². The van der Waals surface area contributed by atoms with Gasteiger partial charge in [-0.05, 0) is 53.4 Å². The Kier molecular flexibility index (Phi) is 60.7. The average molecular weight is 528 g/mol. The number of aliphatic carboxylic acids is 8. The summed E-state index contributed by atoms with van der Waals surface area (Å²) in [7, 11) is 0. The molecule has 216 valence electrons. The van der Waals surface area contributed by atoms with Crippen LogP contribution in [0.2, 0.25) is 0 Å². The lowest BCUT2D eigenvalue weighted by atomic mass is 10.2. The van der Waals surface area contributed by atoms with Crippen molar-refractivity contribution in [3.05, 3.63) is 0 Å². The van der Waals surface area contributed by atoms with Crippen LogP contribution in [0.4, 0.5) is 0 Å². The second kappa shape index (κ2) is 41.1. The summed E-state index contributed by atoms with van der Waals surface area (Å²) < 4.78 is 0. The molecular weight excluding hydrogens is 496 g/mol. The fourth-order valence-electron chi connectivity index (χ4n) is 0. The van der Waals surface area contributed by atoms with Gasteiger partial charge in [0.05, 0.1) is 0 Å². The highest BCUT2D eigenvalue weighted by Crippen LogP contribution is 1.84. The van der Waals surface area contributed by atoms with Gasteiger partial charge in [0.25, 0.3) is 0 Å². The number of hydrogen-bond acceptors (Lipinski definition) is 16. The minimum absolute atomic E-state index is 0.343. The van der Waals surface area contributed by atoms with Gasteiger partial charge in [0.2, 0.25) is 0 Å². The number of carboxylic acids is 8. The standard InChI is InChI=1S/2C4H8O2.6C2H4O2/c2*1-3(2)4(5)6;6*1-2(3)4/h2*3H,1-2H3,(H,5,6);6*1H3,(H,3,4)/p-8. The van der Waals surface area contributed by atoms with E-state index in [1.165, 1.54) is 0 Å². The zero-order valence-electron chi connectivity index (χ0n) is 21.7. The van der Waals surface area contributed by atoms with Gasteiger partial charge in [0, 0.05) is 47.8 Å². The minimum Gasteiger partial charge on any atom is -0.550 e. The summed E-state index contributed by atoms with van der Waals surface area (Å²) in [5, 5.41) is 72.5. The third-order valence-electron chi connectivity index (χ3n) is 0.943. The van der Waals surface area contributed by atoms with Crippen molar-refractivity contribution in [3.8, 4) is 0 Å². The number of rotatable bonds is 2. The first-order chi connectivity index (χ1) is 15.7. The Hall–Kier alpha value is -4.24. The van der Waals surface area contributed by atoms with E-state index in [9.17, 15) is 19.8 Å². The topological polar surface area (TPSA) is 321 Å². The summed E-state index contributed by atoms with van der Waals surface area (Å²) in [4.78, 5) is 72.5. The molecule has 0 aliphatic carbocycles. The lowest BCUT2D eigenvalue weighted by molar-refractivity contribution is -0.311. The van der Waals surface area contributed by atoms with Crippen LogP contribution in [0, 0.1) is 11.8 Å². The van der Waals surface area contributed by atoms with E-state index >= 15 is 0 Å². The molecule has 36 heavy (non-hydrogen) atoms. The maximum atomic E-state index is 9.59. The van der Waals surface area contributed by atoms with Crippen LogP contribution in [0.1, 0.15) is 69.2 Å². The van der Waals surface area contributed by atoms with Crippen LogP contribution in [0.3, 0.4) is 0 Å². The molecule has 0 aliphatic rings. The van der Waals surface area contributed by atoms with E-state index in [0.717, 1.165) is 41.5 Å². The van der Waals surface area contributed by atoms with Gasteiger partial charge in [0.15, 0.2) is 0 Å². The van der Waals surface area contributed by atoms with E-state index in [-0.39, 0.29) is 11.8 Å². The summed E-state index contributed by atoms with van der Waals surface area (Å²) in [6, 6.07) is 0. The summed E-state index contributed by atoms with van der Waals surface area (Å²) in [6.07, 6.45) is 0. The molecule has 0 aromatic heterocycles. The van der Waals surface area contributed by atoms with Gasteiger partial charge in [-0.15, -0.1) is 0 Å². The monoisotopic (exact) mass is 528 g/mol. The number of carbonyl (C=O) groups is 8. The highest BCUT2D eigenvalue weighted by atomic mass is 16.4. The highest BCUT2D eigenvalue weighted by molar-refractivity contribution is 5.66. The molecule has 0 rings (SSSR count). The van der Waals surface area contributed by atoms with Crippen molar-refractivity contribution >= 4 is 47.8 Å². The van der Waals surface area contributed by atoms with E-state index in [1.54, 1.807) is 27.7 Å². The minimum atomic E-state index is -1.08. The molecule has 0 saturated heterocycles. The molecule has 0 aromatic rings. The molecule has 0 fully saturated rings. The predicted molar refractivity (Wildman–Crippen MR) is 104 cm³/mol. The zero-order valence-corrected chi connectivity index (χ0v) is 21.7. The molecule has 0 saturated carbocycles. The van der Waals surface area contributed by atoms with Crippen molar-refractivity contribution in [3.63, 3.8) is 0 Å². The largest absolute Gasteiger partial charge is 0.550 e. The Morgan fingerprint density at radius 3 is 0.361 bits per heavy atom. The first-order valence-electron chi connectivity index (χ1n) is 9.15. The first kappa shape index (κ1) is 53.2. The fourth-order valence-corrected chi connectivity index (χ4v) is 0. The van der Waals surface area contributed by atoms with Crippen LogP contribution in [-0.4, -0.2) is 47.8 Å². The Morgan fingerprint density at radius 1 is 0.333 bits per heavy atom. The molecule has 0 aliphatic heterocycles. The smallest absolute Gasteiger partial charge is 0.0439 e. The average Bonchev–Trinajstić information content (AvgIpc) is 2.51. The molecule has 0 radical (unpaired) electrons. The van der Waals surface area contributed by atoms with Crippen LogP contribution < -0.4 is 40.9 Å². The maximum absolute atomic E-state index is 9.59. The van der Waals surface area contributed by atoms with Gasteiger partial charge in [0.1, 0.15) is 0 Å². The third-order valence-corrected chi connectivity index (χ3v) is 0.943. The van der Waals surface area contributed by atoms with Gasteiger partial charge in [-0.1, -0.05) is 27.7 Å². The lowest BCUT2D eigenvalue weighted by Gasteiger charge is -2.01. The molecule has 16 heteroatoms. The van der Waals surface area contributed by atoms with Crippen LogP contribution in [-0.2, 0) is 38.4 Å². The van der Waals surface area contributed by atoms with E-state index in [1.807, 2.05) is 0 Å². The Labute approximate surface area is 208 Å². The van der Waals surface area contributed by atoms with Crippen molar-refractivity contribution in [1.82, 2.24) is 0 Å². The van der Waals surface area contributed by atoms with Crippen LogP contribution in [0.15, 0.2) is 0 Å². The molecule has 0 aromatic carbocycles. The SMILES string of the molecule is CC(=O)[O-].CC(=O)[O-].CC(=O)[O-].CC(=O)[O-].CC(=O)[O-].CC(=O)[O-].CC(C)C(=O)[O-].CC(C)C(=O)[O-]. The van der Waals surface area contributed by atoms with Crippen molar-refractivity contribution in [1.29, 1.82) is 0 Å². The number of hydrogen-bond donors (Lipinski definition) is 0. The molecule has 0 N–H and O–H groups in total. The van der Waals surface area contributed by atoms with Crippen LogP contribution in [0.25, 0.3) is 0 Å². The summed E-state index contributed by atoms with van der Waals surface area (Å²) in [6.45, 7) is 12.1. The van der Waals surface area contributed by atoms with Gasteiger partial charge < -0.3 is 79.2 Å². The second-order valence-corrected chi connectivity index (χ2v) is 5.90. The third kappa shape index (κ3) is 1740. The zero-order chi connectivity index (χ0) is 31.8. The fraction of sp³-hybridized carbons (Fsp3) is 0.600. The molecule has 0 spiro atoms. The quantitative estimate of drug-likeness (QED) is 0.321. The van der Waals surface area contributed by atoms with Gasteiger partial charge >= 0.3 is 0 Å². The molecule has 0 unspecified atom stereocenters.